The Hall–Kier alpha value is -4.63. The first kappa shape index (κ1) is 69.9. The molecule has 9 heteroatoms. The number of carbonyl (C=O) groups is 2. The molecule has 0 spiro atoms. The van der Waals surface area contributed by atoms with Crippen molar-refractivity contribution in [2.45, 2.75) is 271 Å². The Bertz CT molecular complexity index is 2130. The molecule has 0 bridgehead atoms. The van der Waals surface area contributed by atoms with Gasteiger partial charge in [0.1, 0.15) is 17.2 Å². The van der Waals surface area contributed by atoms with E-state index in [0.29, 0.717) is 66.3 Å². The maximum Gasteiger partial charge on any atom is 0.343 e. The van der Waals surface area contributed by atoms with E-state index in [-0.39, 0.29) is 0 Å². The largest absolute Gasteiger partial charge is 0.494 e. The summed E-state index contributed by atoms with van der Waals surface area (Å²) in [6, 6.07) is 25.6. The number of hydrogen-bond acceptors (Lipinski definition) is 9. The summed E-state index contributed by atoms with van der Waals surface area (Å²) < 4.78 is 37.4. The minimum Gasteiger partial charge on any atom is -0.494 e. The lowest BCUT2D eigenvalue weighted by molar-refractivity contribution is 0.0724. The summed E-state index contributed by atoms with van der Waals surface area (Å²) in [5.41, 5.74) is 2.68. The van der Waals surface area contributed by atoms with Crippen LogP contribution in [-0.2, 0) is 0 Å². The fourth-order valence-corrected chi connectivity index (χ4v) is 10.7. The molecule has 0 fully saturated rings. The van der Waals surface area contributed by atoms with Crippen LogP contribution in [0.2, 0.25) is 0 Å². The molecule has 0 unspecified atom stereocenters. The third kappa shape index (κ3) is 32.4. The van der Waals surface area contributed by atoms with Gasteiger partial charge in [0.15, 0.2) is 11.5 Å². The molecule has 0 atom stereocenters. The average Bonchev–Trinajstić information content (AvgIpc) is 3.50. The normalized spacial score (nSPS) is 11.2. The van der Waals surface area contributed by atoms with Gasteiger partial charge in [0.2, 0.25) is 5.75 Å². The summed E-state index contributed by atoms with van der Waals surface area (Å²) in [6.45, 7) is 9.12. The van der Waals surface area contributed by atoms with Gasteiger partial charge in [0.05, 0.1) is 37.6 Å². The van der Waals surface area contributed by atoms with Gasteiger partial charge in [-0.15, -0.1) is 0 Å². The van der Waals surface area contributed by atoms with Crippen LogP contribution in [0.15, 0.2) is 84.9 Å². The third-order valence-corrected chi connectivity index (χ3v) is 16.0. The number of rotatable bonds is 53. The van der Waals surface area contributed by atoms with Crippen molar-refractivity contribution in [2.24, 2.45) is 0 Å². The van der Waals surface area contributed by atoms with Crippen molar-refractivity contribution in [1.29, 1.82) is 0 Å². The lowest BCUT2D eigenvalue weighted by Gasteiger charge is -2.19. The van der Waals surface area contributed by atoms with Crippen LogP contribution in [-0.4, -0.2) is 44.1 Å². The molecule has 82 heavy (non-hydrogen) atoms. The number of esters is 2. The van der Waals surface area contributed by atoms with E-state index in [0.717, 1.165) is 67.6 Å². The minimum absolute atomic E-state index is 0.360. The topological polar surface area (TPSA) is 89.5 Å². The summed E-state index contributed by atoms with van der Waals surface area (Å²) in [5, 5.41) is 0. The van der Waals surface area contributed by atoms with E-state index in [1.807, 2.05) is 36.4 Å². The van der Waals surface area contributed by atoms with E-state index in [1.54, 1.807) is 48.5 Å². The van der Waals surface area contributed by atoms with Gasteiger partial charge in [-0.2, -0.15) is 12.6 Å². The maximum absolute atomic E-state index is 14.1. The van der Waals surface area contributed by atoms with Crippen molar-refractivity contribution in [3.8, 4) is 45.6 Å². The van der Waals surface area contributed by atoms with E-state index in [4.69, 9.17) is 28.4 Å². The van der Waals surface area contributed by atoms with Gasteiger partial charge in [-0.1, -0.05) is 263 Å². The summed E-state index contributed by atoms with van der Waals surface area (Å²) in [4.78, 5) is 27.2. The van der Waals surface area contributed by atoms with Crippen LogP contribution in [0.3, 0.4) is 0 Å². The van der Waals surface area contributed by atoms with Crippen molar-refractivity contribution >= 4 is 24.6 Å². The van der Waals surface area contributed by atoms with E-state index in [2.05, 4.69) is 33.4 Å². The second-order valence-corrected chi connectivity index (χ2v) is 23.4. The zero-order valence-corrected chi connectivity index (χ0v) is 52.8. The molecule has 0 saturated heterocycles. The molecule has 0 aliphatic heterocycles. The molecule has 8 nitrogen and oxygen atoms in total. The lowest BCUT2D eigenvalue weighted by Crippen LogP contribution is -2.12. The predicted molar refractivity (Wildman–Crippen MR) is 348 cm³/mol. The van der Waals surface area contributed by atoms with Gasteiger partial charge in [-0.25, -0.2) is 9.59 Å². The Morgan fingerprint density at radius 3 is 0.927 bits per heavy atom. The van der Waals surface area contributed by atoms with Crippen molar-refractivity contribution in [3.63, 3.8) is 0 Å². The number of thiol groups is 1. The molecule has 0 N–H and O–H groups in total. The molecule has 0 aliphatic carbocycles. The SMILES string of the molecule is CCCCCCCCCCCCOc1cc(C(=O)Oc2ccc(-c3ccc(OC(=O)c4ccc(OCCCCCCCCCCCS)cc4)cc3)cc2)cc(OCCCCCCCCCCCC)c1OCCCCCCCCCCCC. The number of ether oxygens (including phenoxy) is 6. The van der Waals surface area contributed by atoms with Crippen LogP contribution in [0.1, 0.15) is 292 Å². The highest BCUT2D eigenvalue weighted by atomic mass is 32.1. The summed E-state index contributed by atoms with van der Waals surface area (Å²) in [6.07, 6.45) is 48.6. The molecule has 0 aliphatic rings. The first-order valence-corrected chi connectivity index (χ1v) is 34.1. The summed E-state index contributed by atoms with van der Waals surface area (Å²) >= 11 is 4.30. The fourth-order valence-electron chi connectivity index (χ4n) is 10.4. The molecule has 0 radical (unpaired) electrons. The molecule has 0 aromatic heterocycles. The summed E-state index contributed by atoms with van der Waals surface area (Å²) in [5.74, 6) is 3.37. The highest BCUT2D eigenvalue weighted by molar-refractivity contribution is 7.80. The molecule has 4 aromatic carbocycles. The average molecular weight is 1150 g/mol. The number of carbonyl (C=O) groups excluding carboxylic acids is 2. The van der Waals surface area contributed by atoms with E-state index >= 15 is 0 Å². The molecule has 0 saturated carbocycles. The van der Waals surface area contributed by atoms with E-state index < -0.39 is 11.9 Å². The molecule has 4 rings (SSSR count). The van der Waals surface area contributed by atoms with Crippen LogP contribution in [0.5, 0.6) is 34.5 Å². The molecule has 458 valence electrons. The standard InChI is InChI=1S/C73H112O8S/c1-4-7-10-13-16-19-23-29-34-39-56-77-69-60-65(61-70(78-57-40-35-30-24-20-17-14-11-8-5-2)71(69)79-58-41-36-31-25-21-18-15-12-9-6-3)73(75)81-68-53-45-63(46-54-68)62-43-51-67(52-44-62)80-72(74)64-47-49-66(50-48-64)76-55-38-33-28-26-22-27-32-37-42-59-82/h43-54,60-61,82H,4-42,55-59H2,1-3H3. The first-order valence-electron chi connectivity index (χ1n) is 33.5. The van der Waals surface area contributed by atoms with E-state index in [9.17, 15) is 9.59 Å². The Balaban J connectivity index is 1.35. The highest BCUT2D eigenvalue weighted by Gasteiger charge is 2.21. The van der Waals surface area contributed by atoms with Crippen LogP contribution in [0.4, 0.5) is 0 Å². The highest BCUT2D eigenvalue weighted by Crippen LogP contribution is 2.40. The van der Waals surface area contributed by atoms with Crippen LogP contribution < -0.4 is 28.4 Å². The minimum atomic E-state index is -0.488. The van der Waals surface area contributed by atoms with Gasteiger partial charge in [-0.3, -0.25) is 0 Å². The zero-order chi connectivity index (χ0) is 58.2. The van der Waals surface area contributed by atoms with Crippen LogP contribution in [0.25, 0.3) is 11.1 Å². The monoisotopic (exact) mass is 1150 g/mol. The maximum atomic E-state index is 14.1. The van der Waals surface area contributed by atoms with Gasteiger partial charge in [0, 0.05) is 0 Å². The van der Waals surface area contributed by atoms with Crippen molar-refractivity contribution < 1.29 is 38.0 Å². The Morgan fingerprint density at radius 2 is 0.585 bits per heavy atom. The number of benzene rings is 4. The Kier molecular flexibility index (Phi) is 40.6. The van der Waals surface area contributed by atoms with E-state index in [1.165, 1.54) is 205 Å². The van der Waals surface area contributed by atoms with Crippen molar-refractivity contribution in [2.75, 3.05) is 32.2 Å². The van der Waals surface area contributed by atoms with Crippen LogP contribution in [0, 0.1) is 0 Å². The molecular weight excluding hydrogens is 1040 g/mol. The molecule has 0 amide bonds. The quantitative estimate of drug-likeness (QED) is 0.0202. The zero-order valence-electron chi connectivity index (χ0n) is 51.9. The van der Waals surface area contributed by atoms with Crippen LogP contribution >= 0.6 is 12.6 Å². The number of hydrogen-bond donors (Lipinski definition) is 1. The van der Waals surface area contributed by atoms with Crippen molar-refractivity contribution in [1.82, 2.24) is 0 Å². The third-order valence-electron chi connectivity index (χ3n) is 15.6. The fraction of sp³-hybridized carbons (Fsp3) is 0.644. The first-order chi connectivity index (χ1) is 40.4. The second-order valence-electron chi connectivity index (χ2n) is 23.0. The predicted octanol–water partition coefficient (Wildman–Crippen LogP) is 22.5. The lowest BCUT2D eigenvalue weighted by atomic mass is 10.1. The number of unbranched alkanes of at least 4 members (excludes halogenated alkanes) is 35. The molecule has 4 aromatic rings. The summed E-state index contributed by atoms with van der Waals surface area (Å²) in [7, 11) is 0. The Labute approximate surface area is 505 Å². The van der Waals surface area contributed by atoms with Crippen molar-refractivity contribution in [3.05, 3.63) is 96.1 Å². The smallest absolute Gasteiger partial charge is 0.343 e. The Morgan fingerprint density at radius 1 is 0.305 bits per heavy atom. The molecule has 0 heterocycles. The van der Waals surface area contributed by atoms with Gasteiger partial charge in [-0.05, 0) is 110 Å². The van der Waals surface area contributed by atoms with Gasteiger partial charge < -0.3 is 28.4 Å². The van der Waals surface area contributed by atoms with Gasteiger partial charge in [0.25, 0.3) is 0 Å². The molecular formula is C73H112O8S. The van der Waals surface area contributed by atoms with Gasteiger partial charge >= 0.3 is 11.9 Å². The second kappa shape index (κ2) is 47.7.